The normalized spacial score (nSPS) is 18.8. The molecule has 0 bridgehead atoms. The van der Waals surface area contributed by atoms with Crippen LogP contribution in [0.4, 0.5) is 10.1 Å². The average Bonchev–Trinajstić information content (AvgIpc) is 2.30. The van der Waals surface area contributed by atoms with E-state index in [0.29, 0.717) is 17.8 Å². The molecule has 0 unspecified atom stereocenters. The topological polar surface area (TPSA) is 41.5 Å². The van der Waals surface area contributed by atoms with Gasteiger partial charge in [-0.05, 0) is 43.5 Å². The predicted octanol–water partition coefficient (Wildman–Crippen LogP) is 2.74. The van der Waals surface area contributed by atoms with Gasteiger partial charge in [-0.25, -0.2) is 4.39 Å². The van der Waals surface area contributed by atoms with Crippen LogP contribution < -0.4 is 5.43 Å². The van der Waals surface area contributed by atoms with Crippen molar-refractivity contribution in [3.63, 3.8) is 0 Å². The minimum atomic E-state index is -0.285. The fourth-order valence-electron chi connectivity index (χ4n) is 1.64. The number of hydrazone groups is 1. The molecule has 0 spiro atoms. The number of Topliss-reactive ketones (excluding diaryl/α,β-unsaturated/α-hetero) is 1. The van der Waals surface area contributed by atoms with Gasteiger partial charge >= 0.3 is 0 Å². The van der Waals surface area contributed by atoms with E-state index in [1.165, 1.54) is 12.1 Å². The maximum Gasteiger partial charge on any atom is 0.178 e. The van der Waals surface area contributed by atoms with Crippen molar-refractivity contribution in [1.29, 1.82) is 0 Å². The molecule has 0 atom stereocenters. The maximum absolute atomic E-state index is 12.6. The summed E-state index contributed by atoms with van der Waals surface area (Å²) < 4.78 is 12.6. The second-order valence-corrected chi connectivity index (χ2v) is 3.81. The second-order valence-electron chi connectivity index (χ2n) is 3.81. The molecule has 0 aliphatic heterocycles. The highest BCUT2D eigenvalue weighted by atomic mass is 19.1. The molecule has 1 aliphatic carbocycles. The van der Waals surface area contributed by atoms with E-state index < -0.39 is 0 Å². The Morgan fingerprint density at radius 2 is 1.81 bits per heavy atom. The van der Waals surface area contributed by atoms with Gasteiger partial charge in [0.1, 0.15) is 11.5 Å². The van der Waals surface area contributed by atoms with Crippen LogP contribution in [-0.4, -0.2) is 11.5 Å². The molecule has 84 valence electrons. The number of ketones is 1. The van der Waals surface area contributed by atoms with Gasteiger partial charge in [0.2, 0.25) is 0 Å². The Hall–Kier alpha value is -1.71. The van der Waals surface area contributed by atoms with Crippen molar-refractivity contribution in [2.75, 3.05) is 5.43 Å². The molecular formula is C12H13FN2O. The Morgan fingerprint density at radius 1 is 1.12 bits per heavy atom. The highest BCUT2D eigenvalue weighted by Crippen LogP contribution is 2.13. The Morgan fingerprint density at radius 3 is 2.50 bits per heavy atom. The zero-order chi connectivity index (χ0) is 11.4. The molecule has 0 amide bonds. The summed E-state index contributed by atoms with van der Waals surface area (Å²) in [5.74, 6) is -0.173. The number of carbonyl (C=O) groups excluding carboxylic acids is 1. The minimum absolute atomic E-state index is 0.112. The van der Waals surface area contributed by atoms with Crippen molar-refractivity contribution in [3.8, 4) is 0 Å². The van der Waals surface area contributed by atoms with Crippen LogP contribution in [0.1, 0.15) is 25.7 Å². The van der Waals surface area contributed by atoms with Crippen molar-refractivity contribution in [3.05, 3.63) is 30.1 Å². The van der Waals surface area contributed by atoms with Gasteiger partial charge in [0, 0.05) is 6.42 Å². The van der Waals surface area contributed by atoms with Crippen LogP contribution in [0.5, 0.6) is 0 Å². The number of nitrogens with one attached hydrogen (secondary N) is 1. The van der Waals surface area contributed by atoms with Gasteiger partial charge < -0.3 is 0 Å². The summed E-state index contributed by atoms with van der Waals surface area (Å²) in [6, 6.07) is 5.88. The smallest absolute Gasteiger partial charge is 0.178 e. The molecule has 1 aromatic carbocycles. The van der Waals surface area contributed by atoms with Crippen LogP contribution in [0.15, 0.2) is 29.4 Å². The van der Waals surface area contributed by atoms with Crippen molar-refractivity contribution >= 4 is 17.2 Å². The Balaban J connectivity index is 2.02. The van der Waals surface area contributed by atoms with E-state index in [9.17, 15) is 9.18 Å². The van der Waals surface area contributed by atoms with E-state index in [2.05, 4.69) is 10.5 Å². The molecule has 0 heterocycles. The molecule has 1 N–H and O–H groups in total. The minimum Gasteiger partial charge on any atom is -0.293 e. The number of hydrogen-bond acceptors (Lipinski definition) is 3. The van der Waals surface area contributed by atoms with Crippen LogP contribution in [0.25, 0.3) is 0 Å². The fourth-order valence-corrected chi connectivity index (χ4v) is 1.64. The standard InChI is InChI=1S/C12H13FN2O/c13-9-5-7-10(8-6-9)14-15-11-3-1-2-4-12(11)16/h5-8,14H,1-4H2/b15-11+. The molecule has 0 aromatic heterocycles. The number of hydrogen-bond donors (Lipinski definition) is 1. The molecule has 0 saturated heterocycles. The first kappa shape index (κ1) is 10.8. The molecule has 1 aromatic rings. The molecule has 16 heavy (non-hydrogen) atoms. The van der Waals surface area contributed by atoms with Crippen molar-refractivity contribution in [2.24, 2.45) is 5.10 Å². The largest absolute Gasteiger partial charge is 0.293 e. The summed E-state index contributed by atoms with van der Waals surface area (Å²) in [5, 5.41) is 4.06. The first-order valence-electron chi connectivity index (χ1n) is 5.37. The number of rotatable bonds is 2. The zero-order valence-electron chi connectivity index (χ0n) is 8.87. The lowest BCUT2D eigenvalue weighted by atomic mass is 9.97. The van der Waals surface area contributed by atoms with E-state index in [0.717, 1.165) is 19.3 Å². The number of halogens is 1. The van der Waals surface area contributed by atoms with Crippen LogP contribution >= 0.6 is 0 Å². The Labute approximate surface area is 93.4 Å². The van der Waals surface area contributed by atoms with E-state index in [4.69, 9.17) is 0 Å². The first-order chi connectivity index (χ1) is 7.75. The second kappa shape index (κ2) is 4.88. The number of nitrogens with zero attached hydrogens (tertiary/aromatic N) is 1. The van der Waals surface area contributed by atoms with Crippen LogP contribution in [0.2, 0.25) is 0 Å². The molecular weight excluding hydrogens is 207 g/mol. The van der Waals surface area contributed by atoms with Crippen LogP contribution in [-0.2, 0) is 4.79 Å². The summed E-state index contributed by atoms with van der Waals surface area (Å²) in [5.41, 5.74) is 4.05. The molecule has 1 aliphatic rings. The Bertz CT molecular complexity index is 412. The fraction of sp³-hybridized carbons (Fsp3) is 0.333. The summed E-state index contributed by atoms with van der Waals surface area (Å²) in [7, 11) is 0. The molecule has 0 radical (unpaired) electrons. The zero-order valence-corrected chi connectivity index (χ0v) is 8.87. The molecule has 3 nitrogen and oxygen atoms in total. The van der Waals surface area contributed by atoms with Gasteiger partial charge in [0.25, 0.3) is 0 Å². The highest BCUT2D eigenvalue weighted by molar-refractivity contribution is 6.40. The van der Waals surface area contributed by atoms with Crippen molar-refractivity contribution in [2.45, 2.75) is 25.7 Å². The van der Waals surface area contributed by atoms with Gasteiger partial charge in [-0.1, -0.05) is 0 Å². The summed E-state index contributed by atoms with van der Waals surface area (Å²) >= 11 is 0. The average molecular weight is 220 g/mol. The van der Waals surface area contributed by atoms with Gasteiger partial charge in [-0.3, -0.25) is 10.2 Å². The van der Waals surface area contributed by atoms with Gasteiger partial charge in [-0.2, -0.15) is 5.10 Å². The lowest BCUT2D eigenvalue weighted by Gasteiger charge is -2.11. The molecule has 1 fully saturated rings. The van der Waals surface area contributed by atoms with Crippen molar-refractivity contribution < 1.29 is 9.18 Å². The third-order valence-corrected chi connectivity index (χ3v) is 2.55. The van der Waals surface area contributed by atoms with Crippen molar-refractivity contribution in [1.82, 2.24) is 0 Å². The van der Waals surface area contributed by atoms with Crippen LogP contribution in [0.3, 0.4) is 0 Å². The van der Waals surface area contributed by atoms with E-state index in [-0.39, 0.29) is 11.6 Å². The predicted molar refractivity (Wildman–Crippen MR) is 60.9 cm³/mol. The van der Waals surface area contributed by atoms with Crippen LogP contribution in [0, 0.1) is 5.82 Å². The van der Waals surface area contributed by atoms with Gasteiger partial charge in [-0.15, -0.1) is 0 Å². The number of carbonyl (C=O) groups is 1. The molecule has 4 heteroatoms. The third kappa shape index (κ3) is 2.66. The quantitative estimate of drug-likeness (QED) is 0.778. The van der Waals surface area contributed by atoms with Gasteiger partial charge in [0.15, 0.2) is 5.78 Å². The summed E-state index contributed by atoms with van der Waals surface area (Å²) in [6.45, 7) is 0. The molecule has 1 saturated carbocycles. The Kier molecular flexibility index (Phi) is 3.29. The summed E-state index contributed by atoms with van der Waals surface area (Å²) in [4.78, 5) is 11.4. The van der Waals surface area contributed by atoms with E-state index >= 15 is 0 Å². The molecule has 2 rings (SSSR count). The van der Waals surface area contributed by atoms with E-state index in [1.54, 1.807) is 12.1 Å². The SMILES string of the molecule is O=C1CCCC/C1=N\Nc1ccc(F)cc1. The summed E-state index contributed by atoms with van der Waals surface area (Å²) in [6.07, 6.45) is 3.28. The van der Waals surface area contributed by atoms with Gasteiger partial charge in [0.05, 0.1) is 5.69 Å². The monoisotopic (exact) mass is 220 g/mol. The lowest BCUT2D eigenvalue weighted by Crippen LogP contribution is -2.19. The number of anilines is 1. The third-order valence-electron chi connectivity index (χ3n) is 2.55. The van der Waals surface area contributed by atoms with E-state index in [1.807, 2.05) is 0 Å². The maximum atomic E-state index is 12.6. The highest BCUT2D eigenvalue weighted by Gasteiger charge is 2.16. The number of benzene rings is 1. The lowest BCUT2D eigenvalue weighted by molar-refractivity contribution is -0.113. The first-order valence-corrected chi connectivity index (χ1v) is 5.37.